The van der Waals surface area contributed by atoms with Gasteiger partial charge in [-0.05, 0) is 18.6 Å². The number of hydrogen-bond donors (Lipinski definition) is 2. The van der Waals surface area contributed by atoms with E-state index in [1.165, 1.54) is 32.1 Å². The van der Waals surface area contributed by atoms with Crippen LogP contribution in [-0.2, 0) is 0 Å². The molecule has 0 spiro atoms. The molecule has 0 saturated carbocycles. The van der Waals surface area contributed by atoms with Gasteiger partial charge < -0.3 is 10.7 Å². The van der Waals surface area contributed by atoms with Crippen molar-refractivity contribution in [3.63, 3.8) is 0 Å². The summed E-state index contributed by atoms with van der Waals surface area (Å²) in [6.07, 6.45) is 12.1. The van der Waals surface area contributed by atoms with Crippen molar-refractivity contribution in [3.8, 4) is 11.3 Å². The number of aromatic nitrogens is 2. The first-order valence-corrected chi connectivity index (χ1v) is 8.22. The van der Waals surface area contributed by atoms with Crippen LogP contribution in [0.4, 0.5) is 5.69 Å². The third kappa shape index (κ3) is 5.35. The van der Waals surface area contributed by atoms with Crippen molar-refractivity contribution >= 4 is 11.5 Å². The number of nitrogens with zero attached hydrogens (tertiary/aromatic N) is 2. The molecule has 4 nitrogen and oxygen atoms in total. The van der Waals surface area contributed by atoms with Crippen molar-refractivity contribution in [2.75, 3.05) is 0 Å². The minimum atomic E-state index is 0.725. The molecule has 0 atom stereocenters. The highest BCUT2D eigenvalue weighted by atomic mass is 14.9. The summed E-state index contributed by atoms with van der Waals surface area (Å²) in [5, 5.41) is 0. The standard InChI is InChI=1S/C18H26N4/c1-2-3-4-5-6-7-8-18(19)22-16-11-9-15(10-12-16)17-13-20-14-21-17/h9-14H,2-8H2,1H3,(H2,19,22)(H,20,21). The van der Waals surface area contributed by atoms with E-state index in [2.05, 4.69) is 21.9 Å². The minimum Gasteiger partial charge on any atom is -0.387 e. The fourth-order valence-electron chi connectivity index (χ4n) is 2.43. The second-order valence-electron chi connectivity index (χ2n) is 5.62. The maximum absolute atomic E-state index is 6.01. The van der Waals surface area contributed by atoms with Crippen LogP contribution in [0, 0.1) is 0 Å². The molecule has 0 amide bonds. The number of benzene rings is 1. The molecule has 0 radical (unpaired) electrons. The summed E-state index contributed by atoms with van der Waals surface area (Å²) >= 11 is 0. The number of unbranched alkanes of at least 4 members (excludes halogenated alkanes) is 5. The number of hydrogen-bond acceptors (Lipinski definition) is 2. The van der Waals surface area contributed by atoms with Gasteiger partial charge in [0.25, 0.3) is 0 Å². The zero-order chi connectivity index (χ0) is 15.6. The number of rotatable bonds is 9. The zero-order valence-corrected chi connectivity index (χ0v) is 13.4. The lowest BCUT2D eigenvalue weighted by molar-refractivity contribution is 0.615. The molecule has 1 aromatic heterocycles. The second-order valence-corrected chi connectivity index (χ2v) is 5.62. The van der Waals surface area contributed by atoms with Crippen molar-refractivity contribution in [1.82, 2.24) is 9.97 Å². The van der Waals surface area contributed by atoms with Gasteiger partial charge in [0.2, 0.25) is 0 Å². The molecule has 1 aromatic carbocycles. The summed E-state index contributed by atoms with van der Waals surface area (Å²) in [4.78, 5) is 11.7. The van der Waals surface area contributed by atoms with E-state index in [1.807, 2.05) is 30.5 Å². The van der Waals surface area contributed by atoms with Crippen LogP contribution in [0.2, 0.25) is 0 Å². The SMILES string of the molecule is CCCCCCCC/C(N)=N/c1ccc(-c2c[nH]cn2)cc1. The van der Waals surface area contributed by atoms with Crippen LogP contribution < -0.4 is 5.73 Å². The average Bonchev–Trinajstić information content (AvgIpc) is 3.06. The number of imidazole rings is 1. The van der Waals surface area contributed by atoms with Crippen LogP contribution in [0.3, 0.4) is 0 Å². The monoisotopic (exact) mass is 298 g/mol. The van der Waals surface area contributed by atoms with Crippen LogP contribution in [0.5, 0.6) is 0 Å². The molecule has 2 aromatic rings. The molecular weight excluding hydrogens is 272 g/mol. The van der Waals surface area contributed by atoms with Crippen LogP contribution in [0.15, 0.2) is 41.8 Å². The Bertz CT molecular complexity index is 555. The fraction of sp³-hybridized carbons (Fsp3) is 0.444. The minimum absolute atomic E-state index is 0.725. The van der Waals surface area contributed by atoms with Gasteiger partial charge in [0, 0.05) is 18.2 Å². The molecule has 0 fully saturated rings. The van der Waals surface area contributed by atoms with E-state index in [4.69, 9.17) is 5.73 Å². The Balaban J connectivity index is 1.79. The Morgan fingerprint density at radius 1 is 1.09 bits per heavy atom. The first kappa shape index (κ1) is 16.3. The summed E-state index contributed by atoms with van der Waals surface area (Å²) < 4.78 is 0. The summed E-state index contributed by atoms with van der Waals surface area (Å²) in [5.41, 5.74) is 8.94. The average molecular weight is 298 g/mol. The number of nitrogens with one attached hydrogen (secondary N) is 1. The topological polar surface area (TPSA) is 67.1 Å². The van der Waals surface area contributed by atoms with Crippen molar-refractivity contribution in [2.45, 2.75) is 51.9 Å². The summed E-state index contributed by atoms with van der Waals surface area (Å²) in [5.74, 6) is 0.725. The van der Waals surface area contributed by atoms with Gasteiger partial charge in [-0.1, -0.05) is 51.2 Å². The van der Waals surface area contributed by atoms with Gasteiger partial charge in [-0.2, -0.15) is 0 Å². The molecule has 0 aliphatic rings. The lowest BCUT2D eigenvalue weighted by Gasteiger charge is -2.03. The summed E-state index contributed by atoms with van der Waals surface area (Å²) in [6, 6.07) is 8.01. The van der Waals surface area contributed by atoms with Gasteiger partial charge >= 0.3 is 0 Å². The molecule has 2 rings (SSSR count). The van der Waals surface area contributed by atoms with Gasteiger partial charge in [0.15, 0.2) is 0 Å². The molecule has 1 heterocycles. The Kier molecular flexibility index (Phi) is 6.68. The third-order valence-corrected chi connectivity index (χ3v) is 3.72. The summed E-state index contributed by atoms with van der Waals surface area (Å²) in [7, 11) is 0. The van der Waals surface area contributed by atoms with Crippen LogP contribution in [-0.4, -0.2) is 15.8 Å². The lowest BCUT2D eigenvalue weighted by Crippen LogP contribution is -2.10. The van der Waals surface area contributed by atoms with E-state index in [0.29, 0.717) is 0 Å². The van der Waals surface area contributed by atoms with Gasteiger partial charge in [-0.15, -0.1) is 0 Å². The molecule has 22 heavy (non-hydrogen) atoms. The number of nitrogens with two attached hydrogens (primary N) is 1. The van der Waals surface area contributed by atoms with Gasteiger partial charge in [0.05, 0.1) is 23.5 Å². The molecule has 0 aliphatic carbocycles. The van der Waals surface area contributed by atoms with Crippen LogP contribution in [0.1, 0.15) is 51.9 Å². The normalized spacial score (nSPS) is 11.8. The van der Waals surface area contributed by atoms with E-state index in [-0.39, 0.29) is 0 Å². The molecular formula is C18H26N4. The molecule has 0 unspecified atom stereocenters. The largest absolute Gasteiger partial charge is 0.387 e. The Labute approximate surface area is 132 Å². The van der Waals surface area contributed by atoms with E-state index in [0.717, 1.165) is 35.6 Å². The highest BCUT2D eigenvalue weighted by Gasteiger charge is 2.00. The predicted molar refractivity (Wildman–Crippen MR) is 93.3 cm³/mol. The quantitative estimate of drug-likeness (QED) is 0.396. The number of H-pyrrole nitrogens is 1. The number of aliphatic imine (C=N–C) groups is 1. The number of aromatic amines is 1. The maximum Gasteiger partial charge on any atom is 0.0996 e. The molecule has 0 aliphatic heterocycles. The number of amidine groups is 1. The van der Waals surface area contributed by atoms with E-state index >= 15 is 0 Å². The van der Waals surface area contributed by atoms with Crippen molar-refractivity contribution < 1.29 is 0 Å². The highest BCUT2D eigenvalue weighted by molar-refractivity contribution is 5.83. The van der Waals surface area contributed by atoms with Crippen LogP contribution in [0.25, 0.3) is 11.3 Å². The predicted octanol–water partition coefficient (Wildman–Crippen LogP) is 4.82. The maximum atomic E-state index is 6.01. The van der Waals surface area contributed by atoms with E-state index in [1.54, 1.807) is 6.33 Å². The summed E-state index contributed by atoms with van der Waals surface area (Å²) in [6.45, 7) is 2.24. The smallest absolute Gasteiger partial charge is 0.0996 e. The Morgan fingerprint density at radius 3 is 2.50 bits per heavy atom. The first-order valence-electron chi connectivity index (χ1n) is 8.22. The van der Waals surface area contributed by atoms with Crippen molar-refractivity contribution in [1.29, 1.82) is 0 Å². The first-order chi connectivity index (χ1) is 10.8. The molecule has 118 valence electrons. The van der Waals surface area contributed by atoms with Crippen LogP contribution >= 0.6 is 0 Å². The molecule has 4 heteroatoms. The van der Waals surface area contributed by atoms with E-state index < -0.39 is 0 Å². The van der Waals surface area contributed by atoms with Gasteiger partial charge in [-0.3, -0.25) is 0 Å². The van der Waals surface area contributed by atoms with E-state index in [9.17, 15) is 0 Å². The molecule has 0 saturated heterocycles. The van der Waals surface area contributed by atoms with Gasteiger partial charge in [-0.25, -0.2) is 9.98 Å². The Morgan fingerprint density at radius 2 is 1.82 bits per heavy atom. The van der Waals surface area contributed by atoms with Gasteiger partial charge in [0.1, 0.15) is 0 Å². The van der Waals surface area contributed by atoms with Crippen molar-refractivity contribution in [3.05, 3.63) is 36.8 Å². The fourth-order valence-corrected chi connectivity index (χ4v) is 2.43. The molecule has 3 N–H and O–H groups in total. The Hall–Kier alpha value is -2.10. The third-order valence-electron chi connectivity index (χ3n) is 3.72. The molecule has 0 bridgehead atoms. The lowest BCUT2D eigenvalue weighted by atomic mass is 10.1. The zero-order valence-electron chi connectivity index (χ0n) is 13.4. The highest BCUT2D eigenvalue weighted by Crippen LogP contribution is 2.20. The van der Waals surface area contributed by atoms with Crippen molar-refractivity contribution in [2.24, 2.45) is 10.7 Å². The second kappa shape index (κ2) is 9.03.